The summed E-state index contributed by atoms with van der Waals surface area (Å²) in [5, 5.41) is 7.40. The number of carbonyl (C=O) groups is 1. The number of hydrogen-bond donors (Lipinski definition) is 1. The van der Waals surface area contributed by atoms with Crippen molar-refractivity contribution in [2.24, 2.45) is 5.92 Å². The van der Waals surface area contributed by atoms with Gasteiger partial charge >= 0.3 is 6.01 Å². The lowest BCUT2D eigenvalue weighted by Crippen LogP contribution is -2.12. The molecule has 0 saturated heterocycles. The molecule has 4 rings (SSSR count). The normalized spacial score (nSPS) is 10.9. The van der Waals surface area contributed by atoms with Crippen LogP contribution in [0, 0.1) is 18.7 Å². The average Bonchev–Trinajstić information content (AvgIpc) is 3.23. The van der Waals surface area contributed by atoms with Gasteiger partial charge in [0.05, 0.1) is 12.3 Å². The van der Waals surface area contributed by atoms with Gasteiger partial charge in [0.1, 0.15) is 5.82 Å². The Balaban J connectivity index is 1.61. The van der Waals surface area contributed by atoms with Crippen molar-refractivity contribution in [2.75, 3.05) is 11.9 Å². The Hall–Kier alpha value is -4.00. The number of halogens is 1. The van der Waals surface area contributed by atoms with Gasteiger partial charge in [-0.15, -0.1) is 5.10 Å². The van der Waals surface area contributed by atoms with E-state index in [1.165, 1.54) is 24.3 Å². The van der Waals surface area contributed by atoms with Crippen molar-refractivity contribution in [2.45, 2.75) is 20.8 Å². The van der Waals surface area contributed by atoms with Crippen LogP contribution in [0.5, 0.6) is 6.01 Å². The van der Waals surface area contributed by atoms with Crippen molar-refractivity contribution in [1.29, 1.82) is 0 Å². The van der Waals surface area contributed by atoms with Crippen molar-refractivity contribution < 1.29 is 13.9 Å². The fraction of sp³-hybridized carbons (Fsp3) is 0.192. The molecule has 1 N–H and O–H groups in total. The Morgan fingerprint density at radius 1 is 1.03 bits per heavy atom. The predicted octanol–water partition coefficient (Wildman–Crippen LogP) is 5.67. The Morgan fingerprint density at radius 3 is 2.39 bits per heavy atom. The maximum absolute atomic E-state index is 13.1. The topological polar surface area (TPSA) is 69.0 Å². The van der Waals surface area contributed by atoms with E-state index in [1.54, 1.807) is 16.8 Å². The molecule has 0 aliphatic heterocycles. The first-order chi connectivity index (χ1) is 15.9. The number of anilines is 1. The highest BCUT2D eigenvalue weighted by molar-refractivity contribution is 6.04. The number of benzene rings is 3. The van der Waals surface area contributed by atoms with Crippen molar-refractivity contribution in [3.63, 3.8) is 0 Å². The molecule has 0 spiro atoms. The number of nitrogens with zero attached hydrogens (tertiary/aromatic N) is 3. The molecule has 1 heterocycles. The van der Waals surface area contributed by atoms with Crippen LogP contribution < -0.4 is 10.1 Å². The lowest BCUT2D eigenvalue weighted by atomic mass is 10.1. The van der Waals surface area contributed by atoms with Gasteiger partial charge in [-0.05, 0) is 66.9 Å². The first-order valence-electron chi connectivity index (χ1n) is 10.7. The SMILES string of the molecule is Cc1ccccc1-c1nc(OCC(C)C)nn1-c1ccc(NC(=O)c2ccc(F)cc2)cc1. The summed E-state index contributed by atoms with van der Waals surface area (Å²) in [7, 11) is 0. The summed E-state index contributed by atoms with van der Waals surface area (Å²) in [6, 6.07) is 21.0. The fourth-order valence-corrected chi connectivity index (χ4v) is 3.26. The molecule has 0 aliphatic rings. The van der Waals surface area contributed by atoms with E-state index in [9.17, 15) is 9.18 Å². The Bertz CT molecular complexity index is 1250. The molecule has 0 unspecified atom stereocenters. The minimum Gasteiger partial charge on any atom is -0.462 e. The van der Waals surface area contributed by atoms with Gasteiger partial charge in [-0.1, -0.05) is 38.1 Å². The minimum absolute atomic E-state index is 0.312. The van der Waals surface area contributed by atoms with Crippen LogP contribution in [-0.2, 0) is 0 Å². The standard InChI is InChI=1S/C26H25FN4O2/c1-17(2)16-33-26-29-24(23-7-5-4-6-18(23)3)31(30-26)22-14-12-21(13-15-22)28-25(32)19-8-10-20(27)11-9-19/h4-15,17H,16H2,1-3H3,(H,28,32). The van der Waals surface area contributed by atoms with Gasteiger partial charge in [-0.2, -0.15) is 4.98 Å². The van der Waals surface area contributed by atoms with Crippen LogP contribution in [-0.4, -0.2) is 27.3 Å². The number of rotatable bonds is 7. The summed E-state index contributed by atoms with van der Waals surface area (Å²) in [6.45, 7) is 6.68. The van der Waals surface area contributed by atoms with Gasteiger partial charge in [0.15, 0.2) is 5.82 Å². The molecule has 3 aromatic carbocycles. The monoisotopic (exact) mass is 444 g/mol. The number of aromatic nitrogens is 3. The number of hydrogen-bond acceptors (Lipinski definition) is 4. The largest absolute Gasteiger partial charge is 0.462 e. The van der Waals surface area contributed by atoms with Crippen LogP contribution >= 0.6 is 0 Å². The van der Waals surface area contributed by atoms with Crippen molar-refractivity contribution in [3.8, 4) is 23.1 Å². The Kier molecular flexibility index (Phi) is 6.49. The molecule has 33 heavy (non-hydrogen) atoms. The van der Waals surface area contributed by atoms with E-state index in [0.717, 1.165) is 16.8 Å². The van der Waals surface area contributed by atoms with Gasteiger partial charge in [0.2, 0.25) is 0 Å². The third-order valence-electron chi connectivity index (χ3n) is 5.00. The van der Waals surface area contributed by atoms with Gasteiger partial charge in [-0.25, -0.2) is 9.07 Å². The fourth-order valence-electron chi connectivity index (χ4n) is 3.26. The summed E-state index contributed by atoms with van der Waals surface area (Å²) >= 11 is 0. The molecular formula is C26H25FN4O2. The smallest absolute Gasteiger partial charge is 0.336 e. The van der Waals surface area contributed by atoms with Crippen molar-refractivity contribution in [3.05, 3.63) is 89.7 Å². The molecular weight excluding hydrogens is 419 g/mol. The molecule has 1 amide bonds. The molecule has 6 nitrogen and oxygen atoms in total. The van der Waals surface area contributed by atoms with Crippen LogP contribution in [0.25, 0.3) is 17.1 Å². The average molecular weight is 445 g/mol. The first kappa shape index (κ1) is 22.2. The summed E-state index contributed by atoms with van der Waals surface area (Å²) in [5.41, 5.74) is 3.80. The van der Waals surface area contributed by atoms with E-state index in [2.05, 4.69) is 29.2 Å². The van der Waals surface area contributed by atoms with E-state index >= 15 is 0 Å². The molecule has 168 valence electrons. The maximum Gasteiger partial charge on any atom is 0.336 e. The van der Waals surface area contributed by atoms with E-state index in [4.69, 9.17) is 4.74 Å². The van der Waals surface area contributed by atoms with Crippen LogP contribution in [0.1, 0.15) is 29.8 Å². The van der Waals surface area contributed by atoms with Gasteiger partial charge in [0, 0.05) is 16.8 Å². The summed E-state index contributed by atoms with van der Waals surface area (Å²) in [4.78, 5) is 17.0. The maximum atomic E-state index is 13.1. The summed E-state index contributed by atoms with van der Waals surface area (Å²) in [6.07, 6.45) is 0. The van der Waals surface area contributed by atoms with Gasteiger partial charge in [-0.3, -0.25) is 4.79 Å². The molecule has 4 aromatic rings. The zero-order chi connectivity index (χ0) is 23.4. The second kappa shape index (κ2) is 9.65. The first-order valence-corrected chi connectivity index (χ1v) is 10.7. The van der Waals surface area contributed by atoms with Crippen molar-refractivity contribution in [1.82, 2.24) is 14.8 Å². The highest BCUT2D eigenvalue weighted by Crippen LogP contribution is 2.27. The minimum atomic E-state index is -0.384. The number of nitrogens with one attached hydrogen (secondary N) is 1. The van der Waals surface area contributed by atoms with Crippen molar-refractivity contribution >= 4 is 11.6 Å². The zero-order valence-corrected chi connectivity index (χ0v) is 18.7. The molecule has 7 heteroatoms. The molecule has 0 saturated carbocycles. The Labute approximate surface area is 192 Å². The van der Waals surface area contributed by atoms with Crippen LogP contribution in [0.4, 0.5) is 10.1 Å². The quantitative estimate of drug-likeness (QED) is 0.399. The zero-order valence-electron chi connectivity index (χ0n) is 18.7. The number of carbonyl (C=O) groups excluding carboxylic acids is 1. The summed E-state index contributed by atoms with van der Waals surface area (Å²) in [5.74, 6) is 0.330. The van der Waals surface area contributed by atoms with E-state index < -0.39 is 0 Å². The number of amides is 1. The lowest BCUT2D eigenvalue weighted by Gasteiger charge is -2.09. The third kappa shape index (κ3) is 5.26. The van der Waals surface area contributed by atoms with E-state index in [1.807, 2.05) is 43.3 Å². The van der Waals surface area contributed by atoms with Crippen LogP contribution in [0.15, 0.2) is 72.8 Å². The van der Waals surface area contributed by atoms with E-state index in [-0.39, 0.29) is 11.7 Å². The molecule has 0 bridgehead atoms. The predicted molar refractivity (Wildman–Crippen MR) is 126 cm³/mol. The van der Waals surface area contributed by atoms with Gasteiger partial charge < -0.3 is 10.1 Å². The molecule has 0 aliphatic carbocycles. The van der Waals surface area contributed by atoms with Crippen LogP contribution in [0.3, 0.4) is 0 Å². The second-order valence-electron chi connectivity index (χ2n) is 8.16. The number of aryl methyl sites for hydroxylation is 1. The van der Waals surface area contributed by atoms with Crippen LogP contribution in [0.2, 0.25) is 0 Å². The number of ether oxygens (including phenoxy) is 1. The Morgan fingerprint density at radius 2 is 1.73 bits per heavy atom. The van der Waals surface area contributed by atoms with E-state index in [0.29, 0.717) is 35.6 Å². The molecule has 0 fully saturated rings. The molecule has 0 radical (unpaired) electrons. The highest BCUT2D eigenvalue weighted by atomic mass is 19.1. The second-order valence-corrected chi connectivity index (χ2v) is 8.16. The lowest BCUT2D eigenvalue weighted by molar-refractivity contribution is 0.102. The molecule has 1 aromatic heterocycles. The highest BCUT2D eigenvalue weighted by Gasteiger charge is 2.17. The van der Waals surface area contributed by atoms with Gasteiger partial charge in [0.25, 0.3) is 5.91 Å². The summed E-state index contributed by atoms with van der Waals surface area (Å²) < 4.78 is 20.6. The third-order valence-corrected chi connectivity index (χ3v) is 5.00. The molecule has 0 atom stereocenters.